The lowest BCUT2D eigenvalue weighted by Crippen LogP contribution is -2.37. The van der Waals surface area contributed by atoms with Gasteiger partial charge in [0.1, 0.15) is 0 Å². The number of carbonyl (C=O) groups excluding carboxylic acids is 1. The van der Waals surface area contributed by atoms with Crippen LogP contribution in [0.4, 0.5) is 5.69 Å². The van der Waals surface area contributed by atoms with Gasteiger partial charge in [0, 0.05) is 30.2 Å². The van der Waals surface area contributed by atoms with Crippen LogP contribution in [0.3, 0.4) is 0 Å². The fourth-order valence-corrected chi connectivity index (χ4v) is 2.85. The first kappa shape index (κ1) is 14.7. The minimum Gasteiger partial charge on any atom is -0.481 e. The molecule has 1 unspecified atom stereocenters. The summed E-state index contributed by atoms with van der Waals surface area (Å²) in [5.41, 5.74) is 6.50. The number of hydrogen-bond donors (Lipinski definition) is 2. The minimum absolute atomic E-state index is 0.0951. The van der Waals surface area contributed by atoms with E-state index < -0.39 is 11.9 Å². The van der Waals surface area contributed by atoms with Crippen LogP contribution < -0.4 is 10.6 Å². The van der Waals surface area contributed by atoms with Gasteiger partial charge in [-0.1, -0.05) is 11.6 Å². The summed E-state index contributed by atoms with van der Waals surface area (Å²) >= 11 is 5.89. The van der Waals surface area contributed by atoms with Crippen molar-refractivity contribution in [2.45, 2.75) is 19.3 Å². The van der Waals surface area contributed by atoms with Gasteiger partial charge in [0.15, 0.2) is 0 Å². The first-order chi connectivity index (χ1) is 9.47. The van der Waals surface area contributed by atoms with Gasteiger partial charge in [0.05, 0.1) is 5.56 Å². The molecule has 0 aliphatic carbocycles. The highest BCUT2D eigenvalue weighted by molar-refractivity contribution is 6.31. The number of aliphatic carboxylic acids is 1. The first-order valence-electron chi connectivity index (χ1n) is 6.53. The normalized spacial score (nSPS) is 18.9. The van der Waals surface area contributed by atoms with Crippen LogP contribution in [0.25, 0.3) is 0 Å². The van der Waals surface area contributed by atoms with Crippen molar-refractivity contribution in [3.63, 3.8) is 0 Å². The largest absolute Gasteiger partial charge is 0.481 e. The fraction of sp³-hybridized carbons (Fsp3) is 0.429. The fourth-order valence-electron chi connectivity index (χ4n) is 2.68. The third kappa shape index (κ3) is 3.42. The van der Waals surface area contributed by atoms with Crippen LogP contribution in [0.15, 0.2) is 18.2 Å². The lowest BCUT2D eigenvalue weighted by atomic mass is 9.94. The van der Waals surface area contributed by atoms with Gasteiger partial charge in [-0.2, -0.15) is 0 Å². The topological polar surface area (TPSA) is 83.6 Å². The van der Waals surface area contributed by atoms with Crippen LogP contribution in [0, 0.1) is 5.92 Å². The zero-order valence-corrected chi connectivity index (χ0v) is 11.8. The number of nitrogens with zero attached hydrogens (tertiary/aromatic N) is 1. The number of nitrogens with two attached hydrogens (primary N) is 1. The van der Waals surface area contributed by atoms with E-state index in [9.17, 15) is 9.59 Å². The summed E-state index contributed by atoms with van der Waals surface area (Å²) in [6.07, 6.45) is 1.94. The number of primary amides is 1. The van der Waals surface area contributed by atoms with E-state index in [0.717, 1.165) is 25.1 Å². The van der Waals surface area contributed by atoms with E-state index in [2.05, 4.69) is 0 Å². The summed E-state index contributed by atoms with van der Waals surface area (Å²) in [5, 5.41) is 9.35. The van der Waals surface area contributed by atoms with Crippen molar-refractivity contribution >= 4 is 29.2 Å². The number of carbonyl (C=O) groups is 2. The van der Waals surface area contributed by atoms with Crippen molar-refractivity contribution in [3.8, 4) is 0 Å². The predicted molar refractivity (Wildman–Crippen MR) is 77.2 cm³/mol. The number of anilines is 1. The average Bonchev–Trinajstić information content (AvgIpc) is 2.38. The highest BCUT2D eigenvalue weighted by atomic mass is 35.5. The van der Waals surface area contributed by atoms with Crippen LogP contribution in [0.1, 0.15) is 29.6 Å². The number of carboxylic acids is 1. The molecule has 1 heterocycles. The van der Waals surface area contributed by atoms with Gasteiger partial charge in [-0.15, -0.1) is 0 Å². The monoisotopic (exact) mass is 296 g/mol. The van der Waals surface area contributed by atoms with Gasteiger partial charge in [-0.3, -0.25) is 9.59 Å². The van der Waals surface area contributed by atoms with E-state index >= 15 is 0 Å². The lowest BCUT2D eigenvalue weighted by molar-refractivity contribution is -0.138. The van der Waals surface area contributed by atoms with Crippen LogP contribution in [0.5, 0.6) is 0 Å². The zero-order chi connectivity index (χ0) is 14.7. The molecule has 5 nitrogen and oxygen atoms in total. The van der Waals surface area contributed by atoms with Gasteiger partial charge in [0.25, 0.3) is 5.91 Å². The summed E-state index contributed by atoms with van der Waals surface area (Å²) in [5.74, 6) is -1.22. The maximum absolute atomic E-state index is 11.5. The van der Waals surface area contributed by atoms with Crippen molar-refractivity contribution in [3.05, 3.63) is 28.8 Å². The second kappa shape index (κ2) is 6.13. The Kier molecular flexibility index (Phi) is 4.49. The van der Waals surface area contributed by atoms with Crippen molar-refractivity contribution in [1.29, 1.82) is 0 Å². The van der Waals surface area contributed by atoms with E-state index in [1.807, 2.05) is 4.90 Å². The Morgan fingerprint density at radius 3 is 2.85 bits per heavy atom. The molecule has 6 heteroatoms. The molecule has 20 heavy (non-hydrogen) atoms. The zero-order valence-electron chi connectivity index (χ0n) is 11.0. The Balaban J connectivity index is 2.22. The number of rotatable bonds is 4. The molecule has 1 saturated heterocycles. The maximum Gasteiger partial charge on any atom is 0.303 e. The van der Waals surface area contributed by atoms with Gasteiger partial charge < -0.3 is 15.7 Å². The minimum atomic E-state index is -0.789. The highest BCUT2D eigenvalue weighted by Crippen LogP contribution is 2.29. The number of halogens is 1. The summed E-state index contributed by atoms with van der Waals surface area (Å²) < 4.78 is 0. The SMILES string of the molecule is NC(=O)c1cc(Cl)ccc1N1CCCC(CC(=O)O)C1. The lowest BCUT2D eigenvalue weighted by Gasteiger charge is -2.34. The molecule has 1 aliphatic rings. The number of benzene rings is 1. The van der Waals surface area contributed by atoms with Crippen molar-refractivity contribution in [2.24, 2.45) is 11.7 Å². The Hall–Kier alpha value is -1.75. The number of amides is 1. The smallest absolute Gasteiger partial charge is 0.303 e. The molecule has 1 aromatic rings. The van der Waals surface area contributed by atoms with Crippen molar-refractivity contribution in [1.82, 2.24) is 0 Å². The quantitative estimate of drug-likeness (QED) is 0.891. The summed E-state index contributed by atoms with van der Waals surface area (Å²) in [6.45, 7) is 1.41. The van der Waals surface area contributed by atoms with E-state index in [0.29, 0.717) is 17.1 Å². The predicted octanol–water partition coefficient (Wildman–Crippen LogP) is 2.13. The molecule has 0 bridgehead atoms. The third-order valence-corrected chi connectivity index (χ3v) is 3.78. The number of piperidine rings is 1. The van der Waals surface area contributed by atoms with Gasteiger partial charge in [-0.25, -0.2) is 0 Å². The van der Waals surface area contributed by atoms with E-state index in [-0.39, 0.29) is 12.3 Å². The van der Waals surface area contributed by atoms with Crippen LogP contribution in [-0.2, 0) is 4.79 Å². The molecule has 0 spiro atoms. The molecular formula is C14H17ClN2O3. The molecule has 1 aliphatic heterocycles. The molecule has 0 radical (unpaired) electrons. The first-order valence-corrected chi connectivity index (χ1v) is 6.91. The molecule has 1 aromatic carbocycles. The van der Waals surface area contributed by atoms with Gasteiger partial charge in [0.2, 0.25) is 0 Å². The molecular weight excluding hydrogens is 280 g/mol. The molecule has 1 atom stereocenters. The van der Waals surface area contributed by atoms with Crippen LogP contribution in [-0.4, -0.2) is 30.1 Å². The molecule has 0 saturated carbocycles. The van der Waals surface area contributed by atoms with Gasteiger partial charge in [-0.05, 0) is 37.0 Å². The summed E-state index contributed by atoms with van der Waals surface area (Å²) in [7, 11) is 0. The molecule has 0 aromatic heterocycles. The molecule has 1 fully saturated rings. The maximum atomic E-state index is 11.5. The summed E-state index contributed by atoms with van der Waals surface area (Å²) in [6, 6.07) is 5.04. The molecule has 2 rings (SSSR count). The standard InChI is InChI=1S/C14H17ClN2O3/c15-10-3-4-12(11(7-10)14(16)20)17-5-1-2-9(8-17)6-13(18)19/h3-4,7,9H,1-2,5-6,8H2,(H2,16,20)(H,18,19). The van der Waals surface area contributed by atoms with Crippen molar-refractivity contribution < 1.29 is 14.7 Å². The Labute approximate surface area is 122 Å². The number of carboxylic acid groups (broad SMARTS) is 1. The summed E-state index contributed by atoms with van der Waals surface area (Å²) in [4.78, 5) is 24.4. The molecule has 1 amide bonds. The average molecular weight is 297 g/mol. The second-order valence-corrected chi connectivity index (χ2v) is 5.51. The van der Waals surface area contributed by atoms with Crippen LogP contribution in [0.2, 0.25) is 5.02 Å². The van der Waals surface area contributed by atoms with E-state index in [1.165, 1.54) is 0 Å². The van der Waals surface area contributed by atoms with Gasteiger partial charge >= 0.3 is 5.97 Å². The van der Waals surface area contributed by atoms with Crippen LogP contribution >= 0.6 is 11.6 Å². The number of hydrogen-bond acceptors (Lipinski definition) is 3. The third-order valence-electron chi connectivity index (χ3n) is 3.55. The second-order valence-electron chi connectivity index (χ2n) is 5.08. The van der Waals surface area contributed by atoms with E-state index in [1.54, 1.807) is 18.2 Å². The highest BCUT2D eigenvalue weighted by Gasteiger charge is 2.24. The van der Waals surface area contributed by atoms with Crippen molar-refractivity contribution in [2.75, 3.05) is 18.0 Å². The molecule has 108 valence electrons. The van der Waals surface area contributed by atoms with E-state index in [4.69, 9.17) is 22.4 Å². The molecule has 3 N–H and O–H groups in total. The Bertz CT molecular complexity index is 533. The Morgan fingerprint density at radius 2 is 2.20 bits per heavy atom. The Morgan fingerprint density at radius 1 is 1.45 bits per heavy atom.